The Morgan fingerprint density at radius 2 is 1.94 bits per heavy atom. The lowest BCUT2D eigenvalue weighted by Gasteiger charge is -2.11. The Bertz CT molecular complexity index is 489. The van der Waals surface area contributed by atoms with E-state index < -0.39 is 10.0 Å². The van der Waals surface area contributed by atoms with Crippen molar-refractivity contribution in [3.63, 3.8) is 0 Å². The van der Waals surface area contributed by atoms with Crippen LogP contribution in [0.2, 0.25) is 10.0 Å². The van der Waals surface area contributed by atoms with Gasteiger partial charge in [0.2, 0.25) is 10.0 Å². The number of nitrogens with zero attached hydrogens (tertiary/aromatic N) is 1. The van der Waals surface area contributed by atoms with Gasteiger partial charge in [-0.1, -0.05) is 23.2 Å². The number of hydrogen-bond donors (Lipinski definition) is 1. The van der Waals surface area contributed by atoms with E-state index in [0.29, 0.717) is 18.1 Å². The van der Waals surface area contributed by atoms with Gasteiger partial charge in [0, 0.05) is 18.1 Å². The quantitative estimate of drug-likeness (QED) is 0.902. The van der Waals surface area contributed by atoms with Crippen LogP contribution >= 0.6 is 23.2 Å². The Hall–Kier alpha value is -0.330. The second-order valence-electron chi connectivity index (χ2n) is 3.78. The zero-order chi connectivity index (χ0) is 13.1. The molecule has 0 atom stereocenters. The summed E-state index contributed by atoms with van der Waals surface area (Å²) < 4.78 is 26.3. The first-order valence-electron chi connectivity index (χ1n) is 4.92. The zero-order valence-corrected chi connectivity index (χ0v) is 11.9. The normalized spacial score (nSPS) is 12.1. The molecule has 0 unspecified atom stereocenters. The summed E-state index contributed by atoms with van der Waals surface area (Å²) in [4.78, 5) is 1.88. The number of rotatable bonds is 5. The van der Waals surface area contributed by atoms with Crippen molar-refractivity contribution < 1.29 is 8.42 Å². The second kappa shape index (κ2) is 6.02. The standard InChI is InChI=1S/C10H14Cl2N2O2S/c1-14(2)6-5-13-17(15,16)10-7-8(11)3-4-9(10)12/h3-4,7,13H,5-6H2,1-2H3. The van der Waals surface area contributed by atoms with Crippen LogP contribution < -0.4 is 4.72 Å². The monoisotopic (exact) mass is 296 g/mol. The molecular weight excluding hydrogens is 283 g/mol. The number of benzene rings is 1. The molecule has 0 heterocycles. The molecule has 0 amide bonds. The van der Waals surface area contributed by atoms with Gasteiger partial charge in [0.15, 0.2) is 0 Å². The maximum absolute atomic E-state index is 11.9. The minimum absolute atomic E-state index is 0.00502. The number of likely N-dealkylation sites (N-methyl/N-ethyl adjacent to an activating group) is 1. The Kier molecular flexibility index (Phi) is 5.22. The minimum atomic E-state index is -3.60. The van der Waals surface area contributed by atoms with Crippen LogP contribution in [0.4, 0.5) is 0 Å². The molecule has 0 fully saturated rings. The van der Waals surface area contributed by atoms with E-state index in [0.717, 1.165) is 0 Å². The molecule has 0 bridgehead atoms. The van der Waals surface area contributed by atoms with E-state index in [1.165, 1.54) is 12.1 Å². The number of hydrogen-bond acceptors (Lipinski definition) is 3. The van der Waals surface area contributed by atoms with Gasteiger partial charge >= 0.3 is 0 Å². The third kappa shape index (κ3) is 4.44. The molecule has 1 N–H and O–H groups in total. The molecule has 0 spiro atoms. The van der Waals surface area contributed by atoms with Crippen molar-refractivity contribution in [2.45, 2.75) is 4.90 Å². The predicted molar refractivity (Wildman–Crippen MR) is 70.2 cm³/mol. The highest BCUT2D eigenvalue weighted by Crippen LogP contribution is 2.24. The molecule has 0 aromatic heterocycles. The van der Waals surface area contributed by atoms with Crippen LogP contribution in [-0.2, 0) is 10.0 Å². The summed E-state index contributed by atoms with van der Waals surface area (Å²) in [5, 5.41) is 0.495. The van der Waals surface area contributed by atoms with Gasteiger partial charge in [-0.3, -0.25) is 0 Å². The topological polar surface area (TPSA) is 49.4 Å². The molecule has 1 aromatic rings. The SMILES string of the molecule is CN(C)CCNS(=O)(=O)c1cc(Cl)ccc1Cl. The van der Waals surface area contributed by atoms with Crippen molar-refractivity contribution in [3.05, 3.63) is 28.2 Å². The number of halogens is 2. The molecule has 7 heteroatoms. The molecule has 0 saturated carbocycles. The van der Waals surface area contributed by atoms with Crippen molar-refractivity contribution >= 4 is 33.2 Å². The average molecular weight is 297 g/mol. The minimum Gasteiger partial charge on any atom is -0.308 e. The molecule has 1 rings (SSSR count). The van der Waals surface area contributed by atoms with E-state index >= 15 is 0 Å². The van der Waals surface area contributed by atoms with Gasteiger partial charge in [-0.15, -0.1) is 0 Å². The van der Waals surface area contributed by atoms with Crippen LogP contribution in [0.15, 0.2) is 23.1 Å². The first-order chi connectivity index (χ1) is 7.83. The van der Waals surface area contributed by atoms with E-state index in [9.17, 15) is 8.42 Å². The Morgan fingerprint density at radius 1 is 1.29 bits per heavy atom. The third-order valence-electron chi connectivity index (χ3n) is 2.03. The summed E-state index contributed by atoms with van der Waals surface area (Å²) in [7, 11) is 0.121. The first-order valence-corrected chi connectivity index (χ1v) is 7.16. The van der Waals surface area contributed by atoms with Gasteiger partial charge in [-0.25, -0.2) is 13.1 Å². The Morgan fingerprint density at radius 3 is 2.53 bits per heavy atom. The summed E-state index contributed by atoms with van der Waals surface area (Å²) in [6, 6.07) is 4.34. The maximum atomic E-state index is 11.9. The van der Waals surface area contributed by atoms with Crippen LogP contribution in [0.3, 0.4) is 0 Å². The van der Waals surface area contributed by atoms with Crippen molar-refractivity contribution in [3.8, 4) is 0 Å². The third-order valence-corrected chi connectivity index (χ3v) is 4.21. The fourth-order valence-corrected chi connectivity index (χ4v) is 2.95. The summed E-state index contributed by atoms with van der Waals surface area (Å²) in [6.45, 7) is 0.926. The smallest absolute Gasteiger partial charge is 0.242 e. The molecule has 0 saturated heterocycles. The molecule has 0 radical (unpaired) electrons. The van der Waals surface area contributed by atoms with Crippen molar-refractivity contribution in [2.75, 3.05) is 27.2 Å². The number of sulfonamides is 1. The first kappa shape index (κ1) is 14.7. The Balaban J connectivity index is 2.86. The van der Waals surface area contributed by atoms with Crippen LogP contribution in [0.25, 0.3) is 0 Å². The molecule has 1 aromatic carbocycles. The second-order valence-corrected chi connectivity index (χ2v) is 6.35. The van der Waals surface area contributed by atoms with Gasteiger partial charge in [0.1, 0.15) is 4.90 Å². The molecule has 0 aliphatic heterocycles. The van der Waals surface area contributed by atoms with E-state index in [2.05, 4.69) is 4.72 Å². The highest BCUT2D eigenvalue weighted by atomic mass is 35.5. The fraction of sp³-hybridized carbons (Fsp3) is 0.400. The van der Waals surface area contributed by atoms with E-state index in [-0.39, 0.29) is 9.92 Å². The van der Waals surface area contributed by atoms with Gasteiger partial charge in [-0.05, 0) is 32.3 Å². The van der Waals surface area contributed by atoms with Crippen molar-refractivity contribution in [2.24, 2.45) is 0 Å². The van der Waals surface area contributed by atoms with Gasteiger partial charge < -0.3 is 4.90 Å². The maximum Gasteiger partial charge on any atom is 0.242 e. The molecule has 96 valence electrons. The summed E-state index contributed by atoms with van der Waals surface area (Å²) in [6.07, 6.45) is 0. The summed E-state index contributed by atoms with van der Waals surface area (Å²) >= 11 is 11.6. The fourth-order valence-electron chi connectivity index (χ4n) is 1.16. The highest BCUT2D eigenvalue weighted by molar-refractivity contribution is 7.89. The molecule has 0 aliphatic rings. The predicted octanol–water partition coefficient (Wildman–Crippen LogP) is 1.83. The van der Waals surface area contributed by atoms with E-state index in [1.807, 2.05) is 19.0 Å². The van der Waals surface area contributed by atoms with Crippen LogP contribution in [-0.4, -0.2) is 40.5 Å². The Labute approximate surface area is 112 Å². The van der Waals surface area contributed by atoms with Crippen LogP contribution in [0.5, 0.6) is 0 Å². The molecular formula is C10H14Cl2N2O2S. The van der Waals surface area contributed by atoms with E-state index in [1.54, 1.807) is 6.07 Å². The summed E-state index contributed by atoms with van der Waals surface area (Å²) in [5.74, 6) is 0. The van der Waals surface area contributed by atoms with Crippen LogP contribution in [0, 0.1) is 0 Å². The van der Waals surface area contributed by atoms with Crippen molar-refractivity contribution in [1.29, 1.82) is 0 Å². The van der Waals surface area contributed by atoms with Gasteiger partial charge in [0.25, 0.3) is 0 Å². The lowest BCUT2D eigenvalue weighted by atomic mass is 10.4. The lowest BCUT2D eigenvalue weighted by Crippen LogP contribution is -2.31. The zero-order valence-electron chi connectivity index (χ0n) is 9.57. The molecule has 0 aliphatic carbocycles. The molecule has 4 nitrogen and oxygen atoms in total. The summed E-state index contributed by atoms with van der Waals surface area (Å²) in [5.41, 5.74) is 0. The van der Waals surface area contributed by atoms with Crippen LogP contribution in [0.1, 0.15) is 0 Å². The lowest BCUT2D eigenvalue weighted by molar-refractivity contribution is 0.412. The van der Waals surface area contributed by atoms with E-state index in [4.69, 9.17) is 23.2 Å². The van der Waals surface area contributed by atoms with Crippen molar-refractivity contribution in [1.82, 2.24) is 9.62 Å². The van der Waals surface area contributed by atoms with Gasteiger partial charge in [0.05, 0.1) is 5.02 Å². The van der Waals surface area contributed by atoms with Gasteiger partial charge in [-0.2, -0.15) is 0 Å². The molecule has 17 heavy (non-hydrogen) atoms. The average Bonchev–Trinajstić information content (AvgIpc) is 2.20. The number of nitrogens with one attached hydrogen (secondary N) is 1. The largest absolute Gasteiger partial charge is 0.308 e. The highest BCUT2D eigenvalue weighted by Gasteiger charge is 2.17.